The zero-order valence-corrected chi connectivity index (χ0v) is 16.9. The molecule has 4 rings (SSSR count). The van der Waals surface area contributed by atoms with Gasteiger partial charge in [-0.15, -0.1) is 0 Å². The normalized spacial score (nSPS) is 16.4. The molecule has 1 fully saturated rings. The number of aromatic nitrogens is 3. The van der Waals surface area contributed by atoms with E-state index < -0.39 is 5.76 Å². The zero-order valence-electron chi connectivity index (χ0n) is 15.4. The van der Waals surface area contributed by atoms with Crippen molar-refractivity contribution in [2.24, 2.45) is 5.92 Å². The van der Waals surface area contributed by atoms with Crippen molar-refractivity contribution in [3.63, 3.8) is 0 Å². The first-order valence-corrected chi connectivity index (χ1v) is 9.71. The molecule has 1 aliphatic rings. The largest absolute Gasteiger partial charge is 0.477 e. The number of nitrogens with one attached hydrogen (secondary N) is 2. The summed E-state index contributed by atoms with van der Waals surface area (Å²) in [5.41, 5.74) is 0.660. The lowest BCUT2D eigenvalue weighted by Crippen LogP contribution is -2.27. The number of rotatable bonds is 4. The van der Waals surface area contributed by atoms with Crippen LogP contribution in [0, 0.1) is 5.92 Å². The molecule has 1 saturated heterocycles. The molecular weight excluding hydrogens is 419 g/mol. The zero-order chi connectivity index (χ0) is 20.5. The molecule has 0 amide bonds. The van der Waals surface area contributed by atoms with Gasteiger partial charge in [0.15, 0.2) is 5.82 Å². The van der Waals surface area contributed by atoms with Crippen molar-refractivity contribution in [1.82, 2.24) is 20.4 Å². The highest BCUT2D eigenvalue weighted by molar-refractivity contribution is 6.41. The molecule has 0 bridgehead atoms. The molecule has 0 spiro atoms. The molecular formula is C19H20Cl2N4O4. The van der Waals surface area contributed by atoms with Crippen LogP contribution in [0.5, 0.6) is 5.88 Å². The minimum absolute atomic E-state index is 0.306. The monoisotopic (exact) mass is 438 g/mol. The highest BCUT2D eigenvalue weighted by atomic mass is 35.5. The molecule has 1 aromatic carbocycles. The van der Waals surface area contributed by atoms with Gasteiger partial charge in [0.1, 0.15) is 0 Å². The number of pyridine rings is 1. The quantitative estimate of drug-likeness (QED) is 0.644. The van der Waals surface area contributed by atoms with Crippen LogP contribution in [0.25, 0.3) is 11.4 Å². The molecule has 29 heavy (non-hydrogen) atoms. The van der Waals surface area contributed by atoms with Crippen LogP contribution in [-0.4, -0.2) is 48.0 Å². The first kappa shape index (κ1) is 21.3. The lowest BCUT2D eigenvalue weighted by molar-refractivity contribution is 0.100. The van der Waals surface area contributed by atoms with Crippen LogP contribution in [0.15, 0.2) is 51.9 Å². The summed E-state index contributed by atoms with van der Waals surface area (Å²) in [7, 11) is 0. The average Bonchev–Trinajstić information content (AvgIpc) is 3.00. The van der Waals surface area contributed by atoms with Gasteiger partial charge in [-0.1, -0.05) is 40.5 Å². The third-order valence-electron chi connectivity index (χ3n) is 3.95. The molecule has 1 unspecified atom stereocenters. The molecule has 0 radical (unpaired) electrons. The highest BCUT2D eigenvalue weighted by Gasteiger charge is 2.13. The second-order valence-corrected chi connectivity index (χ2v) is 7.01. The predicted octanol–water partition coefficient (Wildman–Crippen LogP) is 3.03. The van der Waals surface area contributed by atoms with Crippen LogP contribution in [0.3, 0.4) is 0 Å². The summed E-state index contributed by atoms with van der Waals surface area (Å²) in [5, 5.41) is 8.10. The summed E-state index contributed by atoms with van der Waals surface area (Å²) in [4.78, 5) is 17.5. The number of ether oxygens (including phenoxy) is 2. The minimum atomic E-state index is -0.591. The second kappa shape index (κ2) is 11.0. The summed E-state index contributed by atoms with van der Waals surface area (Å²) in [5.74, 6) is 0.585. The Morgan fingerprint density at radius 2 is 1.97 bits per heavy atom. The number of benzene rings is 1. The van der Waals surface area contributed by atoms with Crippen LogP contribution < -0.4 is 15.8 Å². The lowest BCUT2D eigenvalue weighted by atomic mass is 10.2. The number of halogens is 2. The van der Waals surface area contributed by atoms with Gasteiger partial charge < -0.3 is 14.8 Å². The fourth-order valence-corrected chi connectivity index (χ4v) is 2.74. The molecule has 0 saturated carbocycles. The SMILES string of the molecule is Clc1ccccc1Cl.O=c1[nH]c(-c2ccc(OCC3CNCCOC3)nc2)no1. The van der Waals surface area contributed by atoms with E-state index in [2.05, 4.69) is 25.0 Å². The van der Waals surface area contributed by atoms with Crippen LogP contribution in [-0.2, 0) is 4.74 Å². The molecule has 1 aliphatic heterocycles. The number of nitrogens with zero attached hydrogens (tertiary/aromatic N) is 2. The van der Waals surface area contributed by atoms with Crippen molar-refractivity contribution >= 4 is 23.2 Å². The van der Waals surface area contributed by atoms with E-state index >= 15 is 0 Å². The smallest absolute Gasteiger partial charge is 0.439 e. The first-order chi connectivity index (χ1) is 14.1. The maximum absolute atomic E-state index is 10.9. The maximum atomic E-state index is 10.9. The molecule has 2 aromatic heterocycles. The summed E-state index contributed by atoms with van der Waals surface area (Å²) in [6.45, 7) is 3.71. The van der Waals surface area contributed by atoms with E-state index in [-0.39, 0.29) is 0 Å². The molecule has 2 N–H and O–H groups in total. The van der Waals surface area contributed by atoms with Crippen molar-refractivity contribution in [2.75, 3.05) is 32.9 Å². The van der Waals surface area contributed by atoms with Crippen molar-refractivity contribution in [2.45, 2.75) is 0 Å². The summed E-state index contributed by atoms with van der Waals surface area (Å²) in [6, 6.07) is 10.7. The Bertz CT molecular complexity index is 917. The first-order valence-electron chi connectivity index (χ1n) is 8.95. The van der Waals surface area contributed by atoms with Gasteiger partial charge in [-0.2, -0.15) is 0 Å². The molecule has 8 nitrogen and oxygen atoms in total. The number of hydrogen-bond acceptors (Lipinski definition) is 7. The van der Waals surface area contributed by atoms with Crippen molar-refractivity contribution in [1.29, 1.82) is 0 Å². The van der Waals surface area contributed by atoms with E-state index in [4.69, 9.17) is 32.7 Å². The van der Waals surface area contributed by atoms with Gasteiger partial charge >= 0.3 is 5.76 Å². The van der Waals surface area contributed by atoms with Crippen LogP contribution in [0.4, 0.5) is 0 Å². The fraction of sp³-hybridized carbons (Fsp3) is 0.316. The van der Waals surface area contributed by atoms with Crippen LogP contribution in [0.2, 0.25) is 10.0 Å². The van der Waals surface area contributed by atoms with Crippen LogP contribution in [0.1, 0.15) is 0 Å². The predicted molar refractivity (Wildman–Crippen MR) is 109 cm³/mol. The maximum Gasteiger partial charge on any atom is 0.439 e. The summed E-state index contributed by atoms with van der Waals surface area (Å²) in [6.07, 6.45) is 1.57. The molecule has 154 valence electrons. The van der Waals surface area contributed by atoms with Gasteiger partial charge in [0.05, 0.1) is 29.9 Å². The van der Waals surface area contributed by atoms with E-state index in [0.717, 1.165) is 19.7 Å². The number of hydrogen-bond donors (Lipinski definition) is 2. The van der Waals surface area contributed by atoms with Gasteiger partial charge in [-0.3, -0.25) is 9.51 Å². The van der Waals surface area contributed by atoms with Crippen molar-refractivity contribution in [3.05, 3.63) is 63.2 Å². The minimum Gasteiger partial charge on any atom is -0.477 e. The summed E-state index contributed by atoms with van der Waals surface area (Å²) < 4.78 is 15.6. The summed E-state index contributed by atoms with van der Waals surface area (Å²) >= 11 is 11.2. The lowest BCUT2D eigenvalue weighted by Gasteiger charge is -2.14. The van der Waals surface area contributed by atoms with E-state index in [0.29, 0.717) is 46.4 Å². The Morgan fingerprint density at radius 1 is 1.17 bits per heavy atom. The molecule has 3 heterocycles. The van der Waals surface area contributed by atoms with E-state index in [1.807, 2.05) is 12.1 Å². The Balaban J connectivity index is 0.000000252. The molecule has 0 aliphatic carbocycles. The Kier molecular flexibility index (Phi) is 8.06. The van der Waals surface area contributed by atoms with Gasteiger partial charge in [-0.05, 0) is 18.2 Å². The highest BCUT2D eigenvalue weighted by Crippen LogP contribution is 2.19. The van der Waals surface area contributed by atoms with Crippen molar-refractivity contribution in [3.8, 4) is 17.3 Å². The second-order valence-electron chi connectivity index (χ2n) is 6.20. The van der Waals surface area contributed by atoms with Gasteiger partial charge in [0, 0.05) is 36.8 Å². The molecule has 3 aromatic rings. The van der Waals surface area contributed by atoms with E-state index in [9.17, 15) is 4.79 Å². The standard InChI is InChI=1S/C13H16N4O4.C6H4Cl2/c18-13-16-12(17-21-13)10-1-2-11(15-6-10)20-8-9-5-14-3-4-19-7-9;7-5-3-1-2-4-6(5)8/h1-2,6,9,14H,3-5,7-8H2,(H,16,17,18);1-4H. The van der Waals surface area contributed by atoms with Crippen LogP contribution >= 0.6 is 23.2 Å². The molecule has 10 heteroatoms. The number of H-pyrrole nitrogens is 1. The molecule has 1 atom stereocenters. The third kappa shape index (κ3) is 6.86. The Morgan fingerprint density at radius 3 is 2.59 bits per heavy atom. The van der Waals surface area contributed by atoms with E-state index in [1.165, 1.54) is 0 Å². The van der Waals surface area contributed by atoms with Gasteiger partial charge in [0.2, 0.25) is 5.88 Å². The Labute approximate surface area is 177 Å². The fourth-order valence-electron chi connectivity index (χ4n) is 2.47. The van der Waals surface area contributed by atoms with Gasteiger partial charge in [0.25, 0.3) is 0 Å². The number of aromatic amines is 1. The average molecular weight is 439 g/mol. The third-order valence-corrected chi connectivity index (χ3v) is 4.71. The van der Waals surface area contributed by atoms with Gasteiger partial charge in [-0.25, -0.2) is 9.78 Å². The van der Waals surface area contributed by atoms with Crippen molar-refractivity contribution < 1.29 is 14.0 Å². The Hall–Kier alpha value is -2.39. The topological polar surface area (TPSA) is 102 Å². The van der Waals surface area contributed by atoms with E-state index in [1.54, 1.807) is 30.5 Å².